The Balaban J connectivity index is 1.07. The van der Waals surface area contributed by atoms with Crippen molar-refractivity contribution in [3.63, 3.8) is 0 Å². The molecule has 0 spiro atoms. The molecule has 0 aromatic carbocycles. The van der Waals surface area contributed by atoms with Gasteiger partial charge in [0.25, 0.3) is 5.91 Å². The summed E-state index contributed by atoms with van der Waals surface area (Å²) >= 11 is 0. The maximum absolute atomic E-state index is 16.2. The van der Waals surface area contributed by atoms with Gasteiger partial charge in [-0.25, -0.2) is 4.39 Å². The molecule has 1 amide bonds. The third kappa shape index (κ3) is 6.62. The lowest BCUT2D eigenvalue weighted by Crippen LogP contribution is -2.73. The molecule has 2 N–H and O–H groups in total. The second kappa shape index (κ2) is 13.9. The summed E-state index contributed by atoms with van der Waals surface area (Å²) in [4.78, 5) is 34.8. The largest absolute Gasteiger partial charge is 0.369 e. The molecule has 3 saturated carbocycles. The Bertz CT molecular complexity index is 1100. The van der Waals surface area contributed by atoms with Gasteiger partial charge in [-0.2, -0.15) is 0 Å². The number of carbonyl (C=O) groups excluding carboxylic acids is 2. The first-order valence-electron chi connectivity index (χ1n) is 18.6. The quantitative estimate of drug-likeness (QED) is 0.297. The van der Waals surface area contributed by atoms with Gasteiger partial charge in [-0.05, 0) is 115 Å². The molecule has 10 atom stereocenters. The molecule has 3 aliphatic carbocycles. The lowest BCUT2D eigenvalue weighted by Gasteiger charge is -2.61. The number of carbonyl (C=O) groups is 2. The highest BCUT2D eigenvalue weighted by atomic mass is 19.1. The van der Waals surface area contributed by atoms with E-state index >= 15 is 4.39 Å². The molecule has 7 rings (SSSR count). The Kier molecular flexibility index (Phi) is 9.89. The second-order valence-corrected chi connectivity index (χ2v) is 15.9. The Hall–Kier alpha value is -1.55. The van der Waals surface area contributed by atoms with Gasteiger partial charge in [-0.15, -0.1) is 0 Å². The number of fused-ring (bicyclic) bond motifs is 3. The number of rotatable bonds is 9. The van der Waals surface area contributed by atoms with Crippen LogP contribution in [-0.2, 0) is 14.3 Å². The Morgan fingerprint density at radius 2 is 1.78 bits per heavy atom. The topological polar surface area (TPSA) is 77.2 Å². The van der Waals surface area contributed by atoms with Crippen molar-refractivity contribution in [1.29, 1.82) is 0 Å². The highest BCUT2D eigenvalue weighted by Gasteiger charge is 2.59. The number of amides is 1. The van der Waals surface area contributed by atoms with Gasteiger partial charge < -0.3 is 30.1 Å². The van der Waals surface area contributed by atoms with Crippen LogP contribution in [-0.4, -0.2) is 115 Å². The number of nitrogens with one attached hydrogen (secondary N) is 2. The van der Waals surface area contributed by atoms with Crippen LogP contribution in [0, 0.1) is 23.7 Å². The average molecular weight is 628 g/mol. The van der Waals surface area contributed by atoms with E-state index < -0.39 is 24.2 Å². The summed E-state index contributed by atoms with van der Waals surface area (Å²) in [5.74, 6) is 1.14. The fraction of sp³-hybridized carbons (Fsp3) is 0.889. The summed E-state index contributed by atoms with van der Waals surface area (Å²) < 4.78 is 23.1. The average Bonchev–Trinajstić information content (AvgIpc) is 3.45. The van der Waals surface area contributed by atoms with Crippen molar-refractivity contribution >= 4 is 11.7 Å². The van der Waals surface area contributed by atoms with Crippen molar-refractivity contribution in [2.24, 2.45) is 23.7 Å². The Morgan fingerprint density at radius 1 is 1.00 bits per heavy atom. The summed E-state index contributed by atoms with van der Waals surface area (Å²) in [6, 6.07) is -0.0129. The maximum Gasteiger partial charge on any atom is 0.256 e. The van der Waals surface area contributed by atoms with Crippen molar-refractivity contribution in [3.8, 4) is 0 Å². The van der Waals surface area contributed by atoms with Crippen LogP contribution in [0.2, 0.25) is 0 Å². The van der Waals surface area contributed by atoms with Crippen LogP contribution in [0.25, 0.3) is 0 Å². The standard InChI is InChI=1S/C36H58FN5O3/c1-23-11-17-41(18-12-23)16-6-13-38-32-29(37)21-27-33-35(32)45-31-20-25-8-4-3-7-24(25)19-30(31)42(33)22-28(34(27)43)36(44)39-14-10-26-9-5-15-40(26)2/h22-27,29-33,35,38H,3-21H2,1-2H3,(H,39,44). The van der Waals surface area contributed by atoms with E-state index in [0.29, 0.717) is 24.4 Å². The van der Waals surface area contributed by atoms with Crippen LogP contribution >= 0.6 is 0 Å². The third-order valence-corrected chi connectivity index (χ3v) is 13.1. The normalized spacial score (nSPS) is 40.8. The zero-order chi connectivity index (χ0) is 31.1. The molecular weight excluding hydrogens is 569 g/mol. The van der Waals surface area contributed by atoms with Gasteiger partial charge in [0.1, 0.15) is 6.17 Å². The first kappa shape index (κ1) is 32.0. The smallest absolute Gasteiger partial charge is 0.256 e. The molecular formula is C36H58FN5O3. The number of morpholine rings is 1. The van der Waals surface area contributed by atoms with Crippen molar-refractivity contribution in [2.45, 2.75) is 133 Å². The predicted molar refractivity (Wildman–Crippen MR) is 173 cm³/mol. The molecule has 6 fully saturated rings. The number of hydrogen-bond acceptors (Lipinski definition) is 7. The number of hydrogen-bond donors (Lipinski definition) is 2. The van der Waals surface area contributed by atoms with Crippen molar-refractivity contribution < 1.29 is 18.7 Å². The summed E-state index contributed by atoms with van der Waals surface area (Å²) in [5.41, 5.74) is 0.232. The van der Waals surface area contributed by atoms with E-state index in [4.69, 9.17) is 4.74 Å². The zero-order valence-electron chi connectivity index (χ0n) is 27.8. The van der Waals surface area contributed by atoms with Crippen LogP contribution in [0.15, 0.2) is 11.8 Å². The molecule has 0 aromatic rings. The van der Waals surface area contributed by atoms with Gasteiger partial charge in [0.2, 0.25) is 0 Å². The SMILES string of the molecule is CC1CCN(CCCNC2C(F)CC3C(=O)C(C(=O)NCCC4CCCN4C)=CN4C5CC6CCCCC6CC5OC2C34)CC1. The molecule has 252 valence electrons. The molecule has 0 radical (unpaired) electrons. The maximum atomic E-state index is 16.2. The lowest BCUT2D eigenvalue weighted by molar-refractivity contribution is -0.208. The molecule has 10 unspecified atom stereocenters. The van der Waals surface area contributed by atoms with Gasteiger partial charge in [0.15, 0.2) is 5.78 Å². The summed E-state index contributed by atoms with van der Waals surface area (Å²) in [5, 5.41) is 6.68. The fourth-order valence-electron chi connectivity index (χ4n) is 10.3. The minimum absolute atomic E-state index is 0.0165. The van der Waals surface area contributed by atoms with Crippen LogP contribution in [0.4, 0.5) is 4.39 Å². The molecule has 7 aliphatic rings. The number of likely N-dealkylation sites (tertiary alicyclic amines) is 2. The van der Waals surface area contributed by atoms with Crippen LogP contribution in [0.3, 0.4) is 0 Å². The molecule has 0 aromatic heterocycles. The summed E-state index contributed by atoms with van der Waals surface area (Å²) in [6.45, 7) is 8.11. The number of piperidine rings is 1. The number of alkyl halides is 1. The predicted octanol–water partition coefficient (Wildman–Crippen LogP) is 3.90. The number of halogens is 1. The van der Waals surface area contributed by atoms with E-state index in [-0.39, 0.29) is 41.9 Å². The van der Waals surface area contributed by atoms with Crippen LogP contribution in [0.5, 0.6) is 0 Å². The van der Waals surface area contributed by atoms with Crippen molar-refractivity contribution in [2.75, 3.05) is 46.3 Å². The summed E-state index contributed by atoms with van der Waals surface area (Å²) in [7, 11) is 2.15. The third-order valence-electron chi connectivity index (χ3n) is 13.1. The molecule has 45 heavy (non-hydrogen) atoms. The van der Waals surface area contributed by atoms with Gasteiger partial charge in [-0.1, -0.05) is 32.6 Å². The molecule has 3 saturated heterocycles. The first-order valence-corrected chi connectivity index (χ1v) is 18.6. The number of ketones is 1. The zero-order valence-corrected chi connectivity index (χ0v) is 27.8. The number of Topliss-reactive ketones (excluding diaryl/α,β-unsaturated/α-hetero) is 1. The molecule has 8 nitrogen and oxygen atoms in total. The molecule has 0 bridgehead atoms. The number of ether oxygens (including phenoxy) is 1. The Labute approximate surface area is 270 Å². The highest BCUT2D eigenvalue weighted by molar-refractivity contribution is 6.20. The van der Waals surface area contributed by atoms with Gasteiger partial charge >= 0.3 is 0 Å². The Morgan fingerprint density at radius 3 is 2.53 bits per heavy atom. The van der Waals surface area contributed by atoms with Gasteiger partial charge in [-0.3, -0.25) is 9.59 Å². The monoisotopic (exact) mass is 627 g/mol. The number of nitrogens with zero attached hydrogens (tertiary/aromatic N) is 3. The van der Waals surface area contributed by atoms with Crippen molar-refractivity contribution in [3.05, 3.63) is 11.8 Å². The molecule has 4 aliphatic heterocycles. The van der Waals surface area contributed by atoms with Gasteiger partial charge in [0.05, 0.1) is 35.9 Å². The van der Waals surface area contributed by atoms with E-state index in [9.17, 15) is 9.59 Å². The summed E-state index contributed by atoms with van der Waals surface area (Å²) in [6.07, 6.45) is 14.4. The van der Waals surface area contributed by atoms with E-state index in [0.717, 1.165) is 70.7 Å². The van der Waals surface area contributed by atoms with E-state index in [1.165, 1.54) is 44.9 Å². The van der Waals surface area contributed by atoms with E-state index in [1.807, 2.05) is 6.20 Å². The highest BCUT2D eigenvalue weighted by Crippen LogP contribution is 2.50. The van der Waals surface area contributed by atoms with Gasteiger partial charge in [0, 0.05) is 24.7 Å². The molecule has 9 heteroatoms. The van der Waals surface area contributed by atoms with Crippen molar-refractivity contribution in [1.82, 2.24) is 25.3 Å². The minimum Gasteiger partial charge on any atom is -0.369 e. The van der Waals surface area contributed by atoms with E-state index in [1.54, 1.807) is 0 Å². The molecule has 4 heterocycles. The van der Waals surface area contributed by atoms with Crippen LogP contribution in [0.1, 0.15) is 90.4 Å². The fourth-order valence-corrected chi connectivity index (χ4v) is 10.3. The van der Waals surface area contributed by atoms with Crippen LogP contribution < -0.4 is 10.6 Å². The van der Waals surface area contributed by atoms with E-state index in [2.05, 4.69) is 39.3 Å². The second-order valence-electron chi connectivity index (χ2n) is 15.9. The first-order chi connectivity index (χ1) is 21.9. The lowest BCUT2D eigenvalue weighted by atomic mass is 9.65. The minimum atomic E-state index is -1.18.